The summed E-state index contributed by atoms with van der Waals surface area (Å²) in [6.07, 6.45) is 16.0. The van der Waals surface area contributed by atoms with E-state index in [9.17, 15) is 5.11 Å². The van der Waals surface area contributed by atoms with E-state index in [4.69, 9.17) is 13.3 Å². The van der Waals surface area contributed by atoms with Gasteiger partial charge >= 0.3 is 117 Å². The molecule has 0 aromatic heterocycles. The van der Waals surface area contributed by atoms with E-state index in [1.807, 2.05) is 0 Å². The van der Waals surface area contributed by atoms with Gasteiger partial charge in [-0.05, 0) is 0 Å². The second-order valence-electron chi connectivity index (χ2n) is 7.14. The molecule has 0 spiro atoms. The van der Waals surface area contributed by atoms with Gasteiger partial charge in [0.15, 0.2) is 0 Å². The van der Waals surface area contributed by atoms with Crippen LogP contribution in [0.5, 0.6) is 0 Å². The number of unbranched alkanes of at least 4 members (excludes halogenated alkanes) is 9. The van der Waals surface area contributed by atoms with E-state index in [-0.39, 0.29) is 6.35 Å². The number of aliphatic hydroxyl groups excluding tert-OH is 1. The summed E-state index contributed by atoms with van der Waals surface area (Å²) >= 11 is 0. The Balaban J connectivity index is 1.46. The molecule has 132 valence electrons. The molecule has 0 aromatic carbocycles. The summed E-state index contributed by atoms with van der Waals surface area (Å²) in [5.41, 5.74) is 0. The van der Waals surface area contributed by atoms with E-state index in [1.54, 1.807) is 0 Å². The van der Waals surface area contributed by atoms with E-state index in [2.05, 4.69) is 6.92 Å². The zero-order chi connectivity index (χ0) is 15.7. The summed E-state index contributed by atoms with van der Waals surface area (Å²) in [5, 5.41) is 9.45. The molecule has 0 saturated carbocycles. The van der Waals surface area contributed by atoms with E-state index in [0.29, 0.717) is 0 Å². The molecule has 0 aliphatic carbocycles. The topological polar surface area (TPSA) is 47.9 Å². The first kappa shape index (κ1) is 18.8. The van der Waals surface area contributed by atoms with Crippen LogP contribution in [0.25, 0.3) is 0 Å². The number of hydrogen-bond acceptors (Lipinski definition) is 4. The summed E-state index contributed by atoms with van der Waals surface area (Å²) in [6, 6.07) is 0.972. The van der Waals surface area contributed by atoms with Crippen LogP contribution in [0.2, 0.25) is 6.04 Å². The maximum atomic E-state index is 9.45. The van der Waals surface area contributed by atoms with E-state index in [1.165, 1.54) is 57.8 Å². The monoisotopic (exact) mass is 350 g/mol. The Bertz CT molecular complexity index is 292. The quantitative estimate of drug-likeness (QED) is 0.320. The Morgan fingerprint density at radius 3 is 1.68 bits per heavy atom. The van der Waals surface area contributed by atoms with E-state index in [0.717, 1.165) is 31.5 Å². The second-order valence-corrected chi connectivity index (χ2v) is 14.1. The van der Waals surface area contributed by atoms with E-state index < -0.39 is 16.1 Å². The molecule has 3 aliphatic rings. The molecule has 0 amide bonds. The van der Waals surface area contributed by atoms with Gasteiger partial charge in [-0.3, -0.25) is 0 Å². The molecule has 6 heteroatoms. The molecule has 0 radical (unpaired) electrons. The first-order valence-corrected chi connectivity index (χ1v) is 14.0. The van der Waals surface area contributed by atoms with Crippen LogP contribution >= 0.6 is 7.26 Å². The average Bonchev–Trinajstić information content (AvgIpc) is 2.58. The molecule has 3 rings (SSSR count). The molecular weight excluding hydrogens is 315 g/mol. The van der Waals surface area contributed by atoms with Crippen molar-refractivity contribution in [1.29, 1.82) is 0 Å². The Morgan fingerprint density at radius 2 is 1.23 bits per heavy atom. The van der Waals surface area contributed by atoms with Crippen LogP contribution < -0.4 is 0 Å². The number of rotatable bonds is 12. The van der Waals surface area contributed by atoms with Crippen LogP contribution in [-0.2, 0) is 13.3 Å². The first-order valence-electron chi connectivity index (χ1n) is 9.27. The maximum absolute atomic E-state index is 9.45. The van der Waals surface area contributed by atoms with Crippen molar-refractivity contribution in [3.8, 4) is 0 Å². The van der Waals surface area contributed by atoms with Crippen molar-refractivity contribution in [2.75, 3.05) is 25.4 Å². The molecule has 0 unspecified atom stereocenters. The fourth-order valence-corrected chi connectivity index (χ4v) is 11.4. The van der Waals surface area contributed by atoms with Gasteiger partial charge in [0.05, 0.1) is 0 Å². The third-order valence-corrected chi connectivity index (χ3v) is 11.5. The van der Waals surface area contributed by atoms with Crippen molar-refractivity contribution in [3.05, 3.63) is 0 Å². The molecule has 3 heterocycles. The fraction of sp³-hybridized carbons (Fsp3) is 1.00. The summed E-state index contributed by atoms with van der Waals surface area (Å²) < 4.78 is 17.8. The van der Waals surface area contributed by atoms with Crippen molar-refractivity contribution in [3.63, 3.8) is 0 Å². The van der Waals surface area contributed by atoms with Gasteiger partial charge in [0.25, 0.3) is 0 Å². The molecule has 22 heavy (non-hydrogen) atoms. The van der Waals surface area contributed by atoms with Crippen molar-refractivity contribution < 1.29 is 18.4 Å². The number of aliphatic hydroxyl groups is 1. The summed E-state index contributed by atoms with van der Waals surface area (Å²) in [7, 11) is -4.09. The van der Waals surface area contributed by atoms with Gasteiger partial charge < -0.3 is 0 Å². The minimum absolute atomic E-state index is 0.232. The average molecular weight is 351 g/mol. The normalized spacial score (nSPS) is 27.9. The second kappa shape index (κ2) is 9.70. The molecule has 3 saturated heterocycles. The predicted molar refractivity (Wildman–Crippen MR) is 95.7 cm³/mol. The zero-order valence-electron chi connectivity index (χ0n) is 14.3. The molecule has 1 N–H and O–H groups in total. The summed E-state index contributed by atoms with van der Waals surface area (Å²) in [5.74, 6) is 0. The van der Waals surface area contributed by atoms with Crippen LogP contribution in [0.3, 0.4) is 0 Å². The Labute approximate surface area is 137 Å². The molecule has 0 aromatic rings. The Kier molecular flexibility index (Phi) is 8.30. The van der Waals surface area contributed by atoms with Crippen molar-refractivity contribution in [2.24, 2.45) is 0 Å². The minimum atomic E-state index is -2.32. The van der Waals surface area contributed by atoms with Gasteiger partial charge in [0, 0.05) is 0 Å². The SMILES string of the molecule is CCCCCCCCCCCC[Si]12OC[PH](CO)(CO1)CO2. The summed E-state index contributed by atoms with van der Waals surface area (Å²) in [6.45, 7) is 2.27. The van der Waals surface area contributed by atoms with Crippen molar-refractivity contribution >= 4 is 16.1 Å². The third kappa shape index (κ3) is 5.54. The molecule has 0 atom stereocenters. The van der Waals surface area contributed by atoms with Crippen LogP contribution in [0.4, 0.5) is 0 Å². The van der Waals surface area contributed by atoms with Gasteiger partial charge in [0.2, 0.25) is 0 Å². The standard InChI is InChI=1S/C16H35O4PSi/c1-2-3-4-5-6-7-8-9-10-11-12-22-18-14-21(13-17,15-19-22)16-20-22/h17,21H,2-16H2,1H3. The first-order chi connectivity index (χ1) is 10.7. The number of fused-ring (bicyclic) bond motifs is 3. The molecule has 3 aliphatic heterocycles. The van der Waals surface area contributed by atoms with Crippen molar-refractivity contribution in [2.45, 2.75) is 77.2 Å². The Morgan fingerprint density at radius 1 is 0.773 bits per heavy atom. The molecular formula is C16H35O4PSi. The van der Waals surface area contributed by atoms with Gasteiger partial charge in [0.1, 0.15) is 0 Å². The molecule has 3 fully saturated rings. The van der Waals surface area contributed by atoms with Gasteiger partial charge in [-0.1, -0.05) is 19.8 Å². The predicted octanol–water partition coefficient (Wildman–Crippen LogP) is 4.50. The van der Waals surface area contributed by atoms with Gasteiger partial charge in [-0.25, -0.2) is 0 Å². The van der Waals surface area contributed by atoms with Crippen molar-refractivity contribution in [1.82, 2.24) is 0 Å². The van der Waals surface area contributed by atoms with Crippen LogP contribution in [0.1, 0.15) is 71.1 Å². The third-order valence-electron chi connectivity index (χ3n) is 4.97. The zero-order valence-corrected chi connectivity index (χ0v) is 16.3. The Hall–Kier alpha value is 0.487. The molecule has 2 bridgehead atoms. The fourth-order valence-electron chi connectivity index (χ4n) is 3.22. The van der Waals surface area contributed by atoms with E-state index >= 15 is 0 Å². The van der Waals surface area contributed by atoms with Crippen LogP contribution in [0, 0.1) is 0 Å². The van der Waals surface area contributed by atoms with Crippen LogP contribution in [-0.4, -0.2) is 39.3 Å². The molecule has 4 nitrogen and oxygen atoms in total. The van der Waals surface area contributed by atoms with Gasteiger partial charge in [-0.2, -0.15) is 0 Å². The van der Waals surface area contributed by atoms with Gasteiger partial charge in [-0.15, -0.1) is 0 Å². The number of hydrogen-bond donors (Lipinski definition) is 1. The van der Waals surface area contributed by atoms with Crippen LogP contribution in [0.15, 0.2) is 0 Å². The summed E-state index contributed by atoms with van der Waals surface area (Å²) in [4.78, 5) is 0.